The van der Waals surface area contributed by atoms with Crippen molar-refractivity contribution in [1.29, 1.82) is 0 Å². The fraction of sp³-hybridized carbons (Fsp3) is 0.318. The third-order valence-electron chi connectivity index (χ3n) is 4.29. The standard InChI is InChI=1S/C22H25NO2/c1-14(2)18-6-8-19(9-7-18)22-23-21(17(5)25-22)13-24-20-11-15(3)10-16(4)12-20/h6-12,14H,13H2,1-5H3. The minimum absolute atomic E-state index is 0.405. The Morgan fingerprint density at radius 1 is 0.960 bits per heavy atom. The van der Waals surface area contributed by atoms with Gasteiger partial charge in [-0.2, -0.15) is 0 Å². The Labute approximate surface area is 149 Å². The van der Waals surface area contributed by atoms with Crippen LogP contribution in [-0.4, -0.2) is 4.98 Å². The predicted molar refractivity (Wildman–Crippen MR) is 101 cm³/mol. The average molecular weight is 335 g/mol. The number of ether oxygens (including phenoxy) is 1. The molecule has 3 nitrogen and oxygen atoms in total. The maximum Gasteiger partial charge on any atom is 0.226 e. The van der Waals surface area contributed by atoms with Gasteiger partial charge in [0.05, 0.1) is 0 Å². The van der Waals surface area contributed by atoms with E-state index >= 15 is 0 Å². The van der Waals surface area contributed by atoms with Gasteiger partial charge >= 0.3 is 0 Å². The van der Waals surface area contributed by atoms with Crippen LogP contribution >= 0.6 is 0 Å². The number of hydrogen-bond acceptors (Lipinski definition) is 3. The lowest BCUT2D eigenvalue weighted by Crippen LogP contribution is -1.98. The van der Waals surface area contributed by atoms with Crippen molar-refractivity contribution in [2.75, 3.05) is 0 Å². The van der Waals surface area contributed by atoms with E-state index in [4.69, 9.17) is 9.15 Å². The summed E-state index contributed by atoms with van der Waals surface area (Å²) in [6.07, 6.45) is 0. The van der Waals surface area contributed by atoms with Crippen LogP contribution in [0.4, 0.5) is 0 Å². The van der Waals surface area contributed by atoms with Gasteiger partial charge in [0, 0.05) is 5.56 Å². The Bertz CT molecular complexity index is 840. The van der Waals surface area contributed by atoms with E-state index in [1.165, 1.54) is 16.7 Å². The summed E-state index contributed by atoms with van der Waals surface area (Å²) in [6.45, 7) is 10.8. The summed E-state index contributed by atoms with van der Waals surface area (Å²) < 4.78 is 11.8. The van der Waals surface area contributed by atoms with Crippen LogP contribution < -0.4 is 4.74 Å². The lowest BCUT2D eigenvalue weighted by molar-refractivity contribution is 0.299. The molecule has 0 fully saturated rings. The fourth-order valence-electron chi connectivity index (χ4n) is 2.86. The third-order valence-corrected chi connectivity index (χ3v) is 4.29. The molecule has 0 unspecified atom stereocenters. The topological polar surface area (TPSA) is 35.3 Å². The molecule has 0 radical (unpaired) electrons. The molecule has 0 bridgehead atoms. The van der Waals surface area contributed by atoms with Gasteiger partial charge in [-0.05, 0) is 67.6 Å². The van der Waals surface area contributed by atoms with Crippen LogP contribution in [0.5, 0.6) is 5.75 Å². The van der Waals surface area contributed by atoms with E-state index in [9.17, 15) is 0 Å². The summed E-state index contributed by atoms with van der Waals surface area (Å²) in [4.78, 5) is 4.62. The van der Waals surface area contributed by atoms with E-state index in [0.29, 0.717) is 18.4 Å². The molecule has 3 rings (SSSR count). The van der Waals surface area contributed by atoms with Gasteiger partial charge in [0.2, 0.25) is 5.89 Å². The van der Waals surface area contributed by atoms with Crippen molar-refractivity contribution < 1.29 is 9.15 Å². The van der Waals surface area contributed by atoms with E-state index in [2.05, 4.69) is 63.0 Å². The second-order valence-corrected chi connectivity index (χ2v) is 6.91. The number of oxazole rings is 1. The zero-order chi connectivity index (χ0) is 18.0. The number of aromatic nitrogens is 1. The van der Waals surface area contributed by atoms with Gasteiger partial charge in [0.15, 0.2) is 0 Å². The summed E-state index contributed by atoms with van der Waals surface area (Å²) in [5, 5.41) is 0. The van der Waals surface area contributed by atoms with Crippen molar-refractivity contribution in [3.05, 3.63) is 70.6 Å². The van der Waals surface area contributed by atoms with E-state index in [1.807, 2.05) is 19.1 Å². The third kappa shape index (κ3) is 4.11. The molecule has 25 heavy (non-hydrogen) atoms. The lowest BCUT2D eigenvalue weighted by atomic mass is 10.0. The molecule has 1 heterocycles. The summed E-state index contributed by atoms with van der Waals surface area (Å²) >= 11 is 0. The highest BCUT2D eigenvalue weighted by Crippen LogP contribution is 2.25. The van der Waals surface area contributed by atoms with Crippen molar-refractivity contribution in [3.63, 3.8) is 0 Å². The average Bonchev–Trinajstić information content (AvgIpc) is 2.93. The molecule has 0 N–H and O–H groups in total. The van der Waals surface area contributed by atoms with Crippen LogP contribution in [0.15, 0.2) is 46.9 Å². The molecule has 1 aromatic heterocycles. The maximum absolute atomic E-state index is 5.91. The highest BCUT2D eigenvalue weighted by atomic mass is 16.5. The SMILES string of the molecule is Cc1cc(C)cc(OCc2nc(-c3ccc(C(C)C)cc3)oc2C)c1. The minimum atomic E-state index is 0.405. The van der Waals surface area contributed by atoms with Crippen LogP contribution in [0.2, 0.25) is 0 Å². The van der Waals surface area contributed by atoms with Crippen molar-refractivity contribution in [3.8, 4) is 17.2 Å². The number of aryl methyl sites for hydroxylation is 3. The molecular formula is C22H25NO2. The largest absolute Gasteiger partial charge is 0.487 e. The van der Waals surface area contributed by atoms with E-state index < -0.39 is 0 Å². The van der Waals surface area contributed by atoms with E-state index in [0.717, 1.165) is 22.8 Å². The van der Waals surface area contributed by atoms with Gasteiger partial charge < -0.3 is 9.15 Å². The second-order valence-electron chi connectivity index (χ2n) is 6.91. The van der Waals surface area contributed by atoms with Crippen LogP contribution in [-0.2, 0) is 6.61 Å². The highest BCUT2D eigenvalue weighted by molar-refractivity contribution is 5.54. The number of hydrogen-bond donors (Lipinski definition) is 0. The van der Waals surface area contributed by atoms with Crippen LogP contribution in [0.3, 0.4) is 0 Å². The van der Waals surface area contributed by atoms with Gasteiger partial charge in [0.1, 0.15) is 23.8 Å². The summed E-state index contributed by atoms with van der Waals surface area (Å²) in [7, 11) is 0. The summed E-state index contributed by atoms with van der Waals surface area (Å²) in [5.41, 5.74) is 5.52. The monoisotopic (exact) mass is 335 g/mol. The van der Waals surface area contributed by atoms with Crippen molar-refractivity contribution in [2.24, 2.45) is 0 Å². The molecule has 3 heteroatoms. The smallest absolute Gasteiger partial charge is 0.226 e. The molecule has 0 amide bonds. The first-order chi connectivity index (χ1) is 11.9. The Hall–Kier alpha value is -2.55. The molecule has 0 aliphatic heterocycles. The predicted octanol–water partition coefficient (Wildman–Crippen LogP) is 5.97. The molecule has 2 aromatic carbocycles. The van der Waals surface area contributed by atoms with Crippen molar-refractivity contribution >= 4 is 0 Å². The van der Waals surface area contributed by atoms with Crippen LogP contribution in [0, 0.1) is 20.8 Å². The van der Waals surface area contributed by atoms with Gasteiger partial charge in [-0.3, -0.25) is 0 Å². The second kappa shape index (κ2) is 7.14. The molecule has 0 atom stereocenters. The minimum Gasteiger partial charge on any atom is -0.487 e. The molecule has 3 aromatic rings. The Morgan fingerprint density at radius 2 is 1.60 bits per heavy atom. The maximum atomic E-state index is 5.91. The molecule has 130 valence electrons. The Balaban J connectivity index is 1.75. The molecule has 0 aliphatic rings. The summed E-state index contributed by atoms with van der Waals surface area (Å²) in [5.74, 6) is 2.82. The van der Waals surface area contributed by atoms with Gasteiger partial charge in [-0.1, -0.05) is 32.0 Å². The fourth-order valence-corrected chi connectivity index (χ4v) is 2.86. The molecular weight excluding hydrogens is 310 g/mol. The number of benzene rings is 2. The Morgan fingerprint density at radius 3 is 2.20 bits per heavy atom. The van der Waals surface area contributed by atoms with Gasteiger partial charge in [-0.15, -0.1) is 0 Å². The first-order valence-corrected chi connectivity index (χ1v) is 8.70. The van der Waals surface area contributed by atoms with E-state index in [-0.39, 0.29) is 0 Å². The van der Waals surface area contributed by atoms with Crippen molar-refractivity contribution in [1.82, 2.24) is 4.98 Å². The quantitative estimate of drug-likeness (QED) is 0.576. The Kier molecular flexibility index (Phi) is 4.93. The number of nitrogens with zero attached hydrogens (tertiary/aromatic N) is 1. The first-order valence-electron chi connectivity index (χ1n) is 8.70. The van der Waals surface area contributed by atoms with E-state index in [1.54, 1.807) is 0 Å². The van der Waals surface area contributed by atoms with Crippen LogP contribution in [0.1, 0.15) is 47.9 Å². The molecule has 0 aliphatic carbocycles. The van der Waals surface area contributed by atoms with Crippen LogP contribution in [0.25, 0.3) is 11.5 Å². The zero-order valence-electron chi connectivity index (χ0n) is 15.6. The molecule has 0 spiro atoms. The number of rotatable bonds is 5. The van der Waals surface area contributed by atoms with Gasteiger partial charge in [-0.25, -0.2) is 4.98 Å². The van der Waals surface area contributed by atoms with Crippen molar-refractivity contribution in [2.45, 2.75) is 47.1 Å². The van der Waals surface area contributed by atoms with Gasteiger partial charge in [0.25, 0.3) is 0 Å². The lowest BCUT2D eigenvalue weighted by Gasteiger charge is -2.07. The summed E-state index contributed by atoms with van der Waals surface area (Å²) in [6, 6.07) is 14.6. The zero-order valence-corrected chi connectivity index (χ0v) is 15.6. The first kappa shape index (κ1) is 17.3. The molecule has 0 saturated heterocycles. The normalized spacial score (nSPS) is 11.1. The highest BCUT2D eigenvalue weighted by Gasteiger charge is 2.12. The molecule has 0 saturated carbocycles.